The molecule has 1 aromatic carbocycles. The van der Waals surface area contributed by atoms with Gasteiger partial charge >= 0.3 is 0 Å². The molecule has 21 heavy (non-hydrogen) atoms. The van der Waals surface area contributed by atoms with Crippen LogP contribution in [0.25, 0.3) is 0 Å². The van der Waals surface area contributed by atoms with E-state index < -0.39 is 15.6 Å². The molecular formula is C15H24N2O3S. The first-order valence-electron chi connectivity index (χ1n) is 6.93. The first-order chi connectivity index (χ1) is 9.49. The van der Waals surface area contributed by atoms with E-state index in [1.54, 1.807) is 32.9 Å². The number of nitrogens with one attached hydrogen (secondary N) is 2. The second kappa shape index (κ2) is 6.58. The summed E-state index contributed by atoms with van der Waals surface area (Å²) < 4.78 is 26.8. The quantitative estimate of drug-likeness (QED) is 0.878. The molecule has 1 rings (SSSR count). The maximum absolute atomic E-state index is 12.1. The Balaban J connectivity index is 2.81. The molecule has 118 valence electrons. The van der Waals surface area contributed by atoms with Gasteiger partial charge in [-0.15, -0.1) is 0 Å². The Hall–Kier alpha value is -1.40. The van der Waals surface area contributed by atoms with E-state index in [9.17, 15) is 13.2 Å². The lowest BCUT2D eigenvalue weighted by Gasteiger charge is -2.20. The van der Waals surface area contributed by atoms with Crippen LogP contribution in [0.2, 0.25) is 0 Å². The van der Waals surface area contributed by atoms with Crippen LogP contribution in [0.1, 0.15) is 41.0 Å². The summed E-state index contributed by atoms with van der Waals surface area (Å²) in [7, 11) is -3.54. The Morgan fingerprint density at radius 2 is 1.67 bits per heavy atom. The van der Waals surface area contributed by atoms with Crippen molar-refractivity contribution < 1.29 is 13.2 Å². The Morgan fingerprint density at radius 3 is 2.10 bits per heavy atom. The van der Waals surface area contributed by atoms with Crippen LogP contribution in [0.4, 0.5) is 5.69 Å². The van der Waals surface area contributed by atoms with E-state index >= 15 is 0 Å². The third-order valence-corrected chi connectivity index (χ3v) is 4.26. The Labute approximate surface area is 127 Å². The first-order valence-corrected chi connectivity index (χ1v) is 8.42. The lowest BCUT2D eigenvalue weighted by Crippen LogP contribution is -2.40. The lowest BCUT2D eigenvalue weighted by molar-refractivity contribution is -0.116. The van der Waals surface area contributed by atoms with Crippen molar-refractivity contribution in [2.24, 2.45) is 5.92 Å². The number of sulfonamides is 1. The van der Waals surface area contributed by atoms with Crippen LogP contribution >= 0.6 is 0 Å². The molecule has 0 aromatic heterocycles. The lowest BCUT2D eigenvalue weighted by atomic mass is 10.1. The summed E-state index contributed by atoms with van der Waals surface area (Å²) in [6.07, 6.45) is 0.436. The van der Waals surface area contributed by atoms with Crippen molar-refractivity contribution in [3.8, 4) is 0 Å². The van der Waals surface area contributed by atoms with Gasteiger partial charge in [-0.05, 0) is 51.0 Å². The number of amides is 1. The normalized spacial score (nSPS) is 12.5. The minimum atomic E-state index is -3.54. The topological polar surface area (TPSA) is 75.3 Å². The van der Waals surface area contributed by atoms with Gasteiger partial charge in [0.15, 0.2) is 0 Å². The molecule has 0 saturated carbocycles. The molecule has 1 aromatic rings. The minimum absolute atomic E-state index is 0.0755. The molecule has 1 amide bonds. The average Bonchev–Trinajstić information content (AvgIpc) is 2.24. The largest absolute Gasteiger partial charge is 0.326 e. The van der Waals surface area contributed by atoms with Crippen molar-refractivity contribution in [3.05, 3.63) is 24.3 Å². The number of carbonyl (C=O) groups is 1. The fourth-order valence-electron chi connectivity index (χ4n) is 1.76. The average molecular weight is 312 g/mol. The molecule has 0 heterocycles. The van der Waals surface area contributed by atoms with Crippen LogP contribution < -0.4 is 10.0 Å². The summed E-state index contributed by atoms with van der Waals surface area (Å²) in [5.74, 6) is 0.203. The van der Waals surface area contributed by atoms with Crippen LogP contribution in [-0.4, -0.2) is 19.9 Å². The van der Waals surface area contributed by atoms with Gasteiger partial charge in [-0.2, -0.15) is 0 Å². The second-order valence-electron chi connectivity index (χ2n) is 6.53. The highest BCUT2D eigenvalue weighted by Gasteiger charge is 2.21. The van der Waals surface area contributed by atoms with Gasteiger partial charge in [0.05, 0.1) is 4.90 Å². The number of anilines is 1. The van der Waals surface area contributed by atoms with Gasteiger partial charge in [-0.1, -0.05) is 13.8 Å². The standard InChI is InChI=1S/C15H24N2O3S/c1-11(2)10-14(18)16-12-6-8-13(9-7-12)21(19,20)17-15(3,4)5/h6-9,11,17H,10H2,1-5H3,(H,16,18). The highest BCUT2D eigenvalue weighted by molar-refractivity contribution is 7.89. The first kappa shape index (κ1) is 17.7. The predicted octanol–water partition coefficient (Wildman–Crippen LogP) is 2.75. The molecule has 6 heteroatoms. The van der Waals surface area contributed by atoms with Crippen molar-refractivity contribution >= 4 is 21.6 Å². The molecule has 0 bridgehead atoms. The number of carbonyl (C=O) groups excluding carboxylic acids is 1. The van der Waals surface area contributed by atoms with E-state index in [2.05, 4.69) is 10.0 Å². The smallest absolute Gasteiger partial charge is 0.241 e. The maximum Gasteiger partial charge on any atom is 0.241 e. The molecule has 0 spiro atoms. The van der Waals surface area contributed by atoms with Gasteiger partial charge in [0, 0.05) is 17.6 Å². The summed E-state index contributed by atoms with van der Waals surface area (Å²) >= 11 is 0. The molecule has 0 aliphatic heterocycles. The van der Waals surface area contributed by atoms with Gasteiger partial charge in [-0.3, -0.25) is 4.79 Å². The summed E-state index contributed by atoms with van der Waals surface area (Å²) in [5, 5.41) is 2.75. The fourth-order valence-corrected chi connectivity index (χ4v) is 3.18. The summed E-state index contributed by atoms with van der Waals surface area (Å²) in [6.45, 7) is 9.28. The predicted molar refractivity (Wildman–Crippen MR) is 84.6 cm³/mol. The molecule has 0 atom stereocenters. The van der Waals surface area contributed by atoms with Crippen molar-refractivity contribution in [3.63, 3.8) is 0 Å². The molecule has 5 nitrogen and oxygen atoms in total. The van der Waals surface area contributed by atoms with Crippen molar-refractivity contribution in [2.45, 2.75) is 51.5 Å². The van der Waals surface area contributed by atoms with Crippen molar-refractivity contribution in [1.82, 2.24) is 4.72 Å². The number of rotatable bonds is 5. The van der Waals surface area contributed by atoms with Gasteiger partial charge in [0.25, 0.3) is 0 Å². The van der Waals surface area contributed by atoms with Crippen LogP contribution in [0, 0.1) is 5.92 Å². The van der Waals surface area contributed by atoms with Crippen LogP contribution in [-0.2, 0) is 14.8 Å². The van der Waals surface area contributed by atoms with Gasteiger partial charge < -0.3 is 5.32 Å². The third-order valence-electron chi connectivity index (χ3n) is 2.48. The highest BCUT2D eigenvalue weighted by atomic mass is 32.2. The Morgan fingerprint density at radius 1 is 1.14 bits per heavy atom. The number of hydrogen-bond acceptors (Lipinski definition) is 3. The molecule has 0 unspecified atom stereocenters. The third kappa shape index (κ3) is 6.27. The summed E-state index contributed by atoms with van der Waals surface area (Å²) in [5.41, 5.74) is 0.0542. The van der Waals surface area contributed by atoms with Crippen molar-refractivity contribution in [1.29, 1.82) is 0 Å². The number of hydrogen-bond donors (Lipinski definition) is 2. The van der Waals surface area contributed by atoms with Crippen molar-refractivity contribution in [2.75, 3.05) is 5.32 Å². The molecule has 0 fully saturated rings. The van der Waals surface area contributed by atoms with E-state index in [4.69, 9.17) is 0 Å². The molecular weight excluding hydrogens is 288 g/mol. The summed E-state index contributed by atoms with van der Waals surface area (Å²) in [6, 6.07) is 6.16. The van der Waals surface area contributed by atoms with E-state index in [0.717, 1.165) is 0 Å². The highest BCUT2D eigenvalue weighted by Crippen LogP contribution is 2.16. The fraction of sp³-hybridized carbons (Fsp3) is 0.533. The van der Waals surface area contributed by atoms with E-state index in [1.807, 2.05) is 13.8 Å². The molecule has 0 radical (unpaired) electrons. The van der Waals surface area contributed by atoms with Gasteiger partial charge in [0.2, 0.25) is 15.9 Å². The molecule has 0 aliphatic rings. The summed E-state index contributed by atoms with van der Waals surface area (Å²) in [4.78, 5) is 11.8. The van der Waals surface area contributed by atoms with E-state index in [-0.39, 0.29) is 16.7 Å². The molecule has 0 aliphatic carbocycles. The number of benzene rings is 1. The molecule has 0 saturated heterocycles. The van der Waals surface area contributed by atoms with Crippen LogP contribution in [0.3, 0.4) is 0 Å². The van der Waals surface area contributed by atoms with E-state index in [0.29, 0.717) is 12.1 Å². The monoisotopic (exact) mass is 312 g/mol. The van der Waals surface area contributed by atoms with Crippen LogP contribution in [0.15, 0.2) is 29.2 Å². The van der Waals surface area contributed by atoms with Crippen LogP contribution in [0.5, 0.6) is 0 Å². The Bertz CT molecular complexity index is 584. The molecule has 2 N–H and O–H groups in total. The minimum Gasteiger partial charge on any atom is -0.326 e. The zero-order chi connectivity index (χ0) is 16.3. The Kier molecular flexibility index (Phi) is 5.53. The maximum atomic E-state index is 12.1. The second-order valence-corrected chi connectivity index (χ2v) is 8.21. The SMILES string of the molecule is CC(C)CC(=O)Nc1ccc(S(=O)(=O)NC(C)(C)C)cc1. The van der Waals surface area contributed by atoms with Gasteiger partial charge in [-0.25, -0.2) is 13.1 Å². The van der Waals surface area contributed by atoms with E-state index in [1.165, 1.54) is 12.1 Å². The zero-order valence-corrected chi connectivity index (χ0v) is 14.0. The zero-order valence-electron chi connectivity index (χ0n) is 13.2. The van der Waals surface area contributed by atoms with Gasteiger partial charge in [0.1, 0.15) is 0 Å².